The topological polar surface area (TPSA) is 66.4 Å². The van der Waals surface area contributed by atoms with Crippen molar-refractivity contribution in [3.63, 3.8) is 0 Å². The van der Waals surface area contributed by atoms with Crippen molar-refractivity contribution in [3.05, 3.63) is 58.3 Å². The number of carbonyl (C=O) groups excluding carboxylic acids is 1. The number of rotatable bonds is 1. The number of ether oxygens (including phenoxy) is 1. The minimum absolute atomic E-state index is 0.174. The standard InChI is InChI=1S/C15H10O4S/c1-19-15(17)9-6-7-11-13(8-9)20(18)12-5-3-2-4-10(12)14(11)16/h2-8H,1H3. The van der Waals surface area contributed by atoms with E-state index in [2.05, 4.69) is 4.74 Å². The summed E-state index contributed by atoms with van der Waals surface area (Å²) in [7, 11) is -0.191. The maximum Gasteiger partial charge on any atom is 0.338 e. The Balaban J connectivity index is 2.47. The Hall–Kier alpha value is -2.24. The van der Waals surface area contributed by atoms with E-state index in [9.17, 15) is 14.1 Å². The molecule has 20 heavy (non-hydrogen) atoms. The highest BCUT2D eigenvalue weighted by Crippen LogP contribution is 2.33. The number of benzene rings is 2. The lowest BCUT2D eigenvalue weighted by Gasteiger charge is -2.05. The molecule has 100 valence electrons. The molecule has 4 nitrogen and oxygen atoms in total. The summed E-state index contributed by atoms with van der Waals surface area (Å²) in [6.07, 6.45) is 0. The largest absolute Gasteiger partial charge is 0.590 e. The Kier molecular flexibility index (Phi) is 3.00. The Labute approximate surface area is 117 Å². The van der Waals surface area contributed by atoms with E-state index in [1.54, 1.807) is 24.3 Å². The molecule has 0 fully saturated rings. The summed E-state index contributed by atoms with van der Waals surface area (Å²) in [6, 6.07) is 11.3. The predicted molar refractivity (Wildman–Crippen MR) is 77.7 cm³/mol. The second-order valence-electron chi connectivity index (χ2n) is 4.30. The van der Waals surface area contributed by atoms with Crippen molar-refractivity contribution >= 4 is 36.9 Å². The van der Waals surface area contributed by atoms with Crippen LogP contribution in [0.3, 0.4) is 0 Å². The minimum atomic E-state index is -1.47. The van der Waals surface area contributed by atoms with Crippen LogP contribution in [0.1, 0.15) is 10.4 Å². The first-order valence-electron chi connectivity index (χ1n) is 5.91. The molecule has 0 saturated heterocycles. The van der Waals surface area contributed by atoms with Gasteiger partial charge in [0.25, 0.3) is 0 Å². The van der Waals surface area contributed by atoms with Gasteiger partial charge < -0.3 is 9.29 Å². The molecule has 1 unspecified atom stereocenters. The number of hydrogen-bond acceptors (Lipinski definition) is 4. The van der Waals surface area contributed by atoms with Gasteiger partial charge in [0.05, 0.1) is 23.4 Å². The van der Waals surface area contributed by atoms with Crippen LogP contribution in [0.4, 0.5) is 0 Å². The third-order valence-corrected chi connectivity index (χ3v) is 4.67. The van der Waals surface area contributed by atoms with E-state index in [1.165, 1.54) is 25.3 Å². The van der Waals surface area contributed by atoms with E-state index in [0.717, 1.165) is 0 Å². The Bertz CT molecular complexity index is 895. The van der Waals surface area contributed by atoms with Gasteiger partial charge in [-0.3, -0.25) is 4.79 Å². The van der Waals surface area contributed by atoms with Crippen LogP contribution >= 0.6 is 10.8 Å². The Morgan fingerprint density at radius 2 is 1.80 bits per heavy atom. The summed E-state index contributed by atoms with van der Waals surface area (Å²) >= 11 is 0. The lowest BCUT2D eigenvalue weighted by molar-refractivity contribution is 0.0601. The fourth-order valence-electron chi connectivity index (χ4n) is 2.19. The average Bonchev–Trinajstić information content (AvgIpc) is 2.51. The number of carbonyl (C=O) groups is 1. The molecule has 2 aromatic carbocycles. The molecule has 0 aliphatic heterocycles. The van der Waals surface area contributed by atoms with E-state index in [4.69, 9.17) is 0 Å². The number of fused-ring (bicyclic) bond motifs is 2. The van der Waals surface area contributed by atoms with Crippen LogP contribution in [0.5, 0.6) is 0 Å². The van der Waals surface area contributed by atoms with Crippen molar-refractivity contribution in [2.75, 3.05) is 7.11 Å². The molecule has 1 atom stereocenters. The average molecular weight is 286 g/mol. The van der Waals surface area contributed by atoms with Crippen LogP contribution in [-0.2, 0) is 4.74 Å². The highest BCUT2D eigenvalue weighted by atomic mass is 32.2. The van der Waals surface area contributed by atoms with Crippen molar-refractivity contribution in [2.24, 2.45) is 0 Å². The van der Waals surface area contributed by atoms with Gasteiger partial charge in [-0.1, -0.05) is 12.1 Å². The van der Waals surface area contributed by atoms with Crippen LogP contribution in [0, 0.1) is 0 Å². The number of methoxy groups -OCH3 is 1. The Morgan fingerprint density at radius 1 is 1.10 bits per heavy atom. The van der Waals surface area contributed by atoms with E-state index < -0.39 is 16.7 Å². The first-order valence-corrected chi connectivity index (χ1v) is 7.06. The highest BCUT2D eigenvalue weighted by molar-refractivity contribution is 7.36. The van der Waals surface area contributed by atoms with Crippen molar-refractivity contribution in [3.8, 4) is 0 Å². The molecule has 0 aliphatic rings. The van der Waals surface area contributed by atoms with Crippen molar-refractivity contribution in [2.45, 2.75) is 0 Å². The van der Waals surface area contributed by atoms with Gasteiger partial charge in [-0.15, -0.1) is 0 Å². The van der Waals surface area contributed by atoms with Gasteiger partial charge in [0.2, 0.25) is 5.43 Å². The summed E-state index contributed by atoms with van der Waals surface area (Å²) in [5, 5.41) is 0.818. The third kappa shape index (κ3) is 1.79. The maximum absolute atomic E-state index is 12.5. The zero-order valence-electron chi connectivity index (χ0n) is 10.6. The van der Waals surface area contributed by atoms with Gasteiger partial charge in [0.1, 0.15) is 0 Å². The normalized spacial score (nSPS) is 11.8. The van der Waals surface area contributed by atoms with E-state index in [1.807, 2.05) is 0 Å². The number of esters is 1. The lowest BCUT2D eigenvalue weighted by Crippen LogP contribution is -2.05. The van der Waals surface area contributed by atoms with E-state index in [0.29, 0.717) is 20.2 Å². The molecule has 5 heteroatoms. The predicted octanol–water partition coefficient (Wildman–Crippen LogP) is 2.87. The first kappa shape index (κ1) is 12.8. The quantitative estimate of drug-likeness (QED) is 0.392. The van der Waals surface area contributed by atoms with Crippen LogP contribution in [0.25, 0.3) is 20.2 Å². The zero-order chi connectivity index (χ0) is 14.3. The van der Waals surface area contributed by atoms with Gasteiger partial charge in [-0.2, -0.15) is 0 Å². The SMILES string of the molecule is COC(=O)c1ccc2c(=O)c3ccccc3[s+]([O-])c2c1. The fraction of sp³-hybridized carbons (Fsp3) is 0.0667. The second kappa shape index (κ2) is 4.70. The molecule has 1 aromatic heterocycles. The molecule has 0 bridgehead atoms. The number of hydrogen-bond donors (Lipinski definition) is 0. The monoisotopic (exact) mass is 286 g/mol. The zero-order valence-corrected chi connectivity index (χ0v) is 11.4. The molecule has 3 rings (SSSR count). The molecule has 3 aromatic rings. The molecule has 0 spiro atoms. The van der Waals surface area contributed by atoms with Gasteiger partial charge in [0, 0.05) is 6.07 Å². The van der Waals surface area contributed by atoms with Gasteiger partial charge >= 0.3 is 5.97 Å². The smallest absolute Gasteiger partial charge is 0.338 e. The van der Waals surface area contributed by atoms with Crippen molar-refractivity contribution in [1.82, 2.24) is 0 Å². The molecule has 0 radical (unpaired) electrons. The minimum Gasteiger partial charge on any atom is -0.590 e. The van der Waals surface area contributed by atoms with Gasteiger partial charge in [-0.05, 0) is 35.0 Å². The fourth-order valence-corrected chi connectivity index (χ4v) is 3.58. The molecular weight excluding hydrogens is 276 g/mol. The highest BCUT2D eigenvalue weighted by Gasteiger charge is 2.17. The first-order chi connectivity index (χ1) is 9.63. The summed E-state index contributed by atoms with van der Waals surface area (Å²) in [6.45, 7) is 0. The molecule has 0 saturated carbocycles. The molecule has 0 amide bonds. The van der Waals surface area contributed by atoms with Crippen molar-refractivity contribution < 1.29 is 14.1 Å². The summed E-state index contributed by atoms with van der Waals surface area (Å²) in [5.74, 6) is -0.517. The summed E-state index contributed by atoms with van der Waals surface area (Å²) in [5.41, 5.74) is 0.110. The van der Waals surface area contributed by atoms with Crippen molar-refractivity contribution in [1.29, 1.82) is 0 Å². The second-order valence-corrected chi connectivity index (χ2v) is 5.71. The summed E-state index contributed by atoms with van der Waals surface area (Å²) < 4.78 is 18.0. The molecule has 0 N–H and O–H groups in total. The van der Waals surface area contributed by atoms with Crippen LogP contribution < -0.4 is 5.43 Å². The molecular formula is C15H10O4S. The lowest BCUT2D eigenvalue weighted by atomic mass is 10.1. The van der Waals surface area contributed by atoms with Crippen LogP contribution in [-0.4, -0.2) is 17.6 Å². The van der Waals surface area contributed by atoms with E-state index in [-0.39, 0.29) is 11.0 Å². The van der Waals surface area contributed by atoms with Gasteiger partial charge in [-0.25, -0.2) is 4.79 Å². The van der Waals surface area contributed by atoms with E-state index >= 15 is 0 Å². The van der Waals surface area contributed by atoms with Crippen LogP contribution in [0.15, 0.2) is 47.3 Å². The molecule has 1 heterocycles. The summed E-state index contributed by atoms with van der Waals surface area (Å²) in [4.78, 5) is 23.9. The van der Waals surface area contributed by atoms with Gasteiger partial charge in [0.15, 0.2) is 9.40 Å². The maximum atomic E-state index is 12.5. The van der Waals surface area contributed by atoms with Crippen LogP contribution in [0.2, 0.25) is 0 Å². The third-order valence-electron chi connectivity index (χ3n) is 3.18. The molecule has 0 aliphatic carbocycles. The Morgan fingerprint density at radius 3 is 2.55 bits per heavy atom.